The quantitative estimate of drug-likeness (QED) is 0.0415. The molecule has 8 rings (SSSR count). The number of aliphatic hydroxyl groups excluding tert-OH is 12. The summed E-state index contributed by atoms with van der Waals surface area (Å²) < 4.78 is 42.8. The van der Waals surface area contributed by atoms with Crippen molar-refractivity contribution in [3.63, 3.8) is 0 Å². The number of rotatable bonds is 16. The second-order valence-corrected chi connectivity index (χ2v) is 26.3. The molecule has 23 nitrogen and oxygen atoms in total. The van der Waals surface area contributed by atoms with Gasteiger partial charge in [0.2, 0.25) is 0 Å². The van der Waals surface area contributed by atoms with E-state index in [2.05, 4.69) is 19.9 Å². The van der Waals surface area contributed by atoms with Gasteiger partial charge >= 0.3 is 11.9 Å². The van der Waals surface area contributed by atoms with Crippen LogP contribution in [0.4, 0.5) is 0 Å². The Balaban J connectivity index is 1.15. The number of carboxylic acids is 1. The summed E-state index contributed by atoms with van der Waals surface area (Å²) in [5, 5.41) is 146. The Hall–Kier alpha value is -2.89. The highest BCUT2D eigenvalue weighted by Crippen LogP contribution is 2.76. The first kappa shape index (κ1) is 64.1. The zero-order valence-electron chi connectivity index (χ0n) is 48.1. The van der Waals surface area contributed by atoms with Gasteiger partial charge in [0.1, 0.15) is 67.1 Å². The third-order valence-electron chi connectivity index (χ3n) is 22.1. The molecule has 3 saturated heterocycles. The molecule has 8 aliphatic rings. The molecule has 4 saturated carbocycles. The van der Waals surface area contributed by atoms with Gasteiger partial charge in [0.15, 0.2) is 30.8 Å². The van der Waals surface area contributed by atoms with Crippen LogP contribution >= 0.6 is 0 Å². The van der Waals surface area contributed by atoms with Crippen LogP contribution in [0.3, 0.4) is 0 Å². The van der Waals surface area contributed by atoms with Gasteiger partial charge in [-0.3, -0.25) is 4.79 Å². The maximum Gasteiger partial charge on any atom is 0.335 e. The largest absolute Gasteiger partial charge is 0.479 e. The van der Waals surface area contributed by atoms with Crippen molar-refractivity contribution in [3.05, 3.63) is 34.9 Å². The summed E-state index contributed by atoms with van der Waals surface area (Å²) in [5.41, 5.74) is -4.47. The highest BCUT2D eigenvalue weighted by Gasteiger charge is 2.76. The summed E-state index contributed by atoms with van der Waals surface area (Å²) in [5.74, 6) is -4.45. The van der Waals surface area contributed by atoms with Crippen molar-refractivity contribution in [3.8, 4) is 0 Å². The van der Waals surface area contributed by atoms with Gasteiger partial charge in [-0.25, -0.2) is 9.59 Å². The Labute approximate surface area is 472 Å². The fraction of sp³-hybridized carbons (Fsp3) is 0.845. The summed E-state index contributed by atoms with van der Waals surface area (Å²) in [4.78, 5) is 40.6. The maximum atomic E-state index is 13.9. The number of ether oxygens (including phenoxy) is 7. The van der Waals surface area contributed by atoms with Crippen LogP contribution in [0.5, 0.6) is 0 Å². The van der Waals surface area contributed by atoms with Crippen LogP contribution in [0.15, 0.2) is 34.9 Å². The predicted molar refractivity (Wildman–Crippen MR) is 281 cm³/mol. The molecule has 0 radical (unpaired) electrons. The number of hydrogen-bond acceptors (Lipinski definition) is 22. The minimum atomic E-state index is -2.17. The Bertz CT molecular complexity index is 2410. The van der Waals surface area contributed by atoms with Crippen molar-refractivity contribution < 1.29 is 114 Å². The fourth-order valence-corrected chi connectivity index (χ4v) is 16.7. The number of carbonyl (C=O) groups excluding carboxylic acids is 2. The lowest BCUT2D eigenvalue weighted by Crippen LogP contribution is -2.75. The molecule has 0 amide bonds. The van der Waals surface area contributed by atoms with Gasteiger partial charge in [0.05, 0.1) is 50.2 Å². The van der Waals surface area contributed by atoms with Crippen molar-refractivity contribution >= 4 is 17.7 Å². The number of carbonyl (C=O) groups is 3. The number of aliphatic carboxylic acids is 1. The molecule has 11 unspecified atom stereocenters. The Kier molecular flexibility index (Phi) is 18.5. The molecular formula is C58H90O23. The first-order valence-corrected chi connectivity index (χ1v) is 28.6. The van der Waals surface area contributed by atoms with Crippen molar-refractivity contribution in [1.29, 1.82) is 0 Å². The third-order valence-corrected chi connectivity index (χ3v) is 22.1. The maximum absolute atomic E-state index is 13.9. The Morgan fingerprint density at radius 1 is 0.667 bits per heavy atom. The van der Waals surface area contributed by atoms with E-state index >= 15 is 0 Å². The van der Waals surface area contributed by atoms with Gasteiger partial charge in [0.25, 0.3) is 0 Å². The van der Waals surface area contributed by atoms with Crippen LogP contribution in [0.1, 0.15) is 114 Å². The van der Waals surface area contributed by atoms with Crippen LogP contribution in [-0.2, 0) is 47.5 Å². The highest BCUT2D eigenvalue weighted by molar-refractivity contribution is 5.95. The molecule has 7 fully saturated rings. The summed E-state index contributed by atoms with van der Waals surface area (Å²) in [7, 11) is 0. The van der Waals surface area contributed by atoms with E-state index in [1.165, 1.54) is 0 Å². The highest BCUT2D eigenvalue weighted by atomic mass is 16.8. The summed E-state index contributed by atoms with van der Waals surface area (Å²) in [6.07, 6.45) is -23.7. The SMILES string of the molecule is C/C=C(/C)C(=O)C[C@H]1[C@H](OC(=O)/C(C)=C\C)[C@@]2(CO)C(CC1(C)C)C1=CCC3[C@@]4(C)CC[C@H](O[C@@H]5OC(C(=O)O)[C@@H](O)[C@@H](OC6OC(CO)C(O)C6O)C5O[C@@H]5OC(CO)[C@@H](O)[C@@H](O)C5O)[C@](C)(CO)C4CC[C@@]3(C)[C@]1(C)[C@@H](O)[C@H]2O. The normalized spacial score (nSPS) is 49.8. The average Bonchev–Trinajstić information content (AvgIpc) is 1.99. The molecule has 0 aromatic rings. The van der Waals surface area contributed by atoms with Gasteiger partial charge in [-0.15, -0.1) is 0 Å². The van der Waals surface area contributed by atoms with Crippen LogP contribution in [0.2, 0.25) is 0 Å². The summed E-state index contributed by atoms with van der Waals surface area (Å²) >= 11 is 0. The Morgan fingerprint density at radius 3 is 1.80 bits per heavy atom. The van der Waals surface area contributed by atoms with Gasteiger partial charge in [-0.2, -0.15) is 0 Å². The minimum Gasteiger partial charge on any atom is -0.479 e. The van der Waals surface area contributed by atoms with E-state index in [0.717, 1.165) is 5.57 Å². The van der Waals surface area contributed by atoms with Crippen molar-refractivity contribution in [2.75, 3.05) is 26.4 Å². The van der Waals surface area contributed by atoms with E-state index in [4.69, 9.17) is 33.2 Å². The molecule has 13 N–H and O–H groups in total. The Morgan fingerprint density at radius 2 is 1.25 bits per heavy atom. The molecule has 27 atom stereocenters. The number of aliphatic hydroxyl groups is 12. The topological polar surface area (TPSA) is 379 Å². The molecule has 0 aromatic carbocycles. The smallest absolute Gasteiger partial charge is 0.335 e. The first-order chi connectivity index (χ1) is 37.9. The van der Waals surface area contributed by atoms with E-state index in [-0.39, 0.29) is 30.5 Å². The van der Waals surface area contributed by atoms with E-state index in [9.17, 15) is 80.8 Å². The fourth-order valence-electron chi connectivity index (χ4n) is 16.7. The van der Waals surface area contributed by atoms with E-state index in [0.29, 0.717) is 43.3 Å². The van der Waals surface area contributed by atoms with Crippen LogP contribution in [-0.4, -0.2) is 221 Å². The van der Waals surface area contributed by atoms with Gasteiger partial charge in [0, 0.05) is 28.7 Å². The van der Waals surface area contributed by atoms with Gasteiger partial charge in [-0.1, -0.05) is 65.3 Å². The number of esters is 1. The average molecular weight is 1160 g/mol. The molecule has 3 aliphatic heterocycles. The second-order valence-electron chi connectivity index (χ2n) is 26.3. The van der Waals surface area contributed by atoms with Crippen LogP contribution < -0.4 is 0 Å². The lowest BCUT2D eigenvalue weighted by atomic mass is 9.32. The third kappa shape index (κ3) is 10.0. The van der Waals surface area contributed by atoms with Crippen molar-refractivity contribution in [2.24, 2.45) is 56.2 Å². The molecule has 460 valence electrons. The number of allylic oxidation sites excluding steroid dienone is 4. The molecule has 0 aromatic heterocycles. The van der Waals surface area contributed by atoms with E-state index in [1.54, 1.807) is 39.8 Å². The second kappa shape index (κ2) is 23.4. The number of Topliss-reactive ketones (excluding diaryl/α,β-unsaturated/α-hetero) is 1. The lowest BCUT2D eigenvalue weighted by Gasteiger charge is -2.73. The summed E-state index contributed by atoms with van der Waals surface area (Å²) in [6, 6.07) is 0. The zero-order chi connectivity index (χ0) is 60.0. The van der Waals surface area contributed by atoms with E-state index in [1.807, 2.05) is 27.7 Å². The van der Waals surface area contributed by atoms with Crippen molar-refractivity contribution in [1.82, 2.24) is 0 Å². The first-order valence-electron chi connectivity index (χ1n) is 28.6. The van der Waals surface area contributed by atoms with Crippen molar-refractivity contribution in [2.45, 2.75) is 225 Å². The standard InChI is InChI=1S/C58H90O23/c1-11-25(3)30(63)19-28-47(81-49(74)26(4)12-2)58(24-62)29(20-53(28,5)6)27-13-14-34-54(7)17-16-35(55(8,23-61)33(54)15-18-56(34,9)57(27,10)45(70)46(58)71)77-52-44(80-51-40(68)38(66)36(64)31(21-59)75-51)42(41(69)43(79-52)48(72)73)78-50-39(67)37(65)32(22-60)76-50/h11-13,28-29,31-47,50-52,59-62,64-71H,14-24H2,1-10H3,(H,72,73)/b25-11-,26-12-/t28-,29?,31?,32?,33?,34?,35-,36+,37?,38+,39?,40?,41-,42+,43?,44?,45-,46+,47-,50?,51-,52+,54-,55+,56+,57-,58-/m0/s1. The number of fused-ring (bicyclic) bond motifs is 7. The van der Waals surface area contributed by atoms with E-state index < -0.39 is 193 Å². The molecule has 81 heavy (non-hydrogen) atoms. The number of carboxylic acid groups (broad SMARTS) is 1. The molecule has 0 bridgehead atoms. The predicted octanol–water partition coefficient (Wildman–Crippen LogP) is -0.101. The number of ketones is 1. The van der Waals surface area contributed by atoms with Gasteiger partial charge in [-0.05, 0) is 106 Å². The monoisotopic (exact) mass is 1150 g/mol. The minimum absolute atomic E-state index is 0.0386. The molecule has 3 heterocycles. The summed E-state index contributed by atoms with van der Waals surface area (Å²) in [6.45, 7) is 16.1. The molecular weight excluding hydrogens is 1060 g/mol. The molecule has 0 spiro atoms. The molecule has 5 aliphatic carbocycles. The van der Waals surface area contributed by atoms with Crippen LogP contribution in [0.25, 0.3) is 0 Å². The van der Waals surface area contributed by atoms with Crippen LogP contribution in [0, 0.1) is 56.2 Å². The molecule has 23 heteroatoms. The van der Waals surface area contributed by atoms with Gasteiger partial charge < -0.3 is 99.5 Å². The lowest BCUT2D eigenvalue weighted by molar-refractivity contribution is -0.387. The number of hydrogen-bond donors (Lipinski definition) is 13. The zero-order valence-corrected chi connectivity index (χ0v) is 48.1.